The lowest BCUT2D eigenvalue weighted by Crippen LogP contribution is -2.51. The summed E-state index contributed by atoms with van der Waals surface area (Å²) >= 11 is 0. The lowest BCUT2D eigenvalue weighted by Gasteiger charge is -2.37. The third kappa shape index (κ3) is 6.62. The van der Waals surface area contributed by atoms with Crippen molar-refractivity contribution in [2.24, 2.45) is 11.7 Å². The second-order valence-corrected chi connectivity index (χ2v) is 6.95. The highest BCUT2D eigenvalue weighted by molar-refractivity contribution is 5.85. The minimum atomic E-state index is 0. The van der Waals surface area contributed by atoms with E-state index in [0.29, 0.717) is 12.5 Å². The van der Waals surface area contributed by atoms with E-state index >= 15 is 0 Å². The van der Waals surface area contributed by atoms with Crippen molar-refractivity contribution in [1.82, 2.24) is 9.80 Å². The number of amides is 1. The highest BCUT2D eigenvalue weighted by Gasteiger charge is 2.30. The molecule has 2 atom stereocenters. The fraction of sp³-hybridized carbons (Fsp3) is 0.632. The molecule has 1 heterocycles. The molecule has 2 N–H and O–H groups in total. The van der Waals surface area contributed by atoms with E-state index in [0.717, 1.165) is 64.2 Å². The molecule has 2 unspecified atom stereocenters. The molecule has 0 spiro atoms. The van der Waals surface area contributed by atoms with Gasteiger partial charge in [0.15, 0.2) is 0 Å². The highest BCUT2D eigenvalue weighted by Crippen LogP contribution is 2.25. The number of nitrogens with two attached hydrogens (primary N) is 1. The number of ether oxygens (including phenoxy) is 1. The lowest BCUT2D eigenvalue weighted by atomic mass is 9.85. The first-order valence-corrected chi connectivity index (χ1v) is 9.17. The summed E-state index contributed by atoms with van der Waals surface area (Å²) in [6.45, 7) is 5.12. The van der Waals surface area contributed by atoms with Crippen LogP contribution in [0.5, 0.6) is 5.75 Å². The molecule has 26 heavy (non-hydrogen) atoms. The molecule has 1 aliphatic carbocycles. The minimum absolute atomic E-state index is 0. The maximum absolute atomic E-state index is 12.6. The van der Waals surface area contributed by atoms with Gasteiger partial charge in [-0.1, -0.05) is 24.6 Å². The third-order valence-corrected chi connectivity index (χ3v) is 5.17. The molecule has 7 heteroatoms. The van der Waals surface area contributed by atoms with Crippen LogP contribution in [0, 0.1) is 5.92 Å². The van der Waals surface area contributed by atoms with Gasteiger partial charge in [-0.25, -0.2) is 0 Å². The molecule has 5 nitrogen and oxygen atoms in total. The third-order valence-electron chi connectivity index (χ3n) is 5.17. The van der Waals surface area contributed by atoms with E-state index in [1.165, 1.54) is 0 Å². The number of hydrogen-bond donors (Lipinski definition) is 1. The van der Waals surface area contributed by atoms with Crippen molar-refractivity contribution in [3.63, 3.8) is 0 Å². The van der Waals surface area contributed by atoms with Crippen molar-refractivity contribution in [3.05, 3.63) is 30.3 Å². The molecule has 1 amide bonds. The first-order valence-electron chi connectivity index (χ1n) is 9.17. The number of piperazine rings is 1. The Bertz CT molecular complexity index is 525. The Morgan fingerprint density at radius 2 is 1.77 bits per heavy atom. The van der Waals surface area contributed by atoms with Gasteiger partial charge in [0.05, 0.1) is 0 Å². The fourth-order valence-electron chi connectivity index (χ4n) is 3.71. The number of hydrogen-bond acceptors (Lipinski definition) is 4. The molecule has 1 aromatic rings. The number of para-hydroxylation sites is 1. The zero-order valence-corrected chi connectivity index (χ0v) is 16.9. The van der Waals surface area contributed by atoms with Crippen LogP contribution in [-0.4, -0.2) is 61.1 Å². The number of benzene rings is 1. The van der Waals surface area contributed by atoms with Crippen LogP contribution in [0.4, 0.5) is 0 Å². The van der Waals surface area contributed by atoms with Crippen molar-refractivity contribution < 1.29 is 9.53 Å². The highest BCUT2D eigenvalue weighted by atomic mass is 35.5. The van der Waals surface area contributed by atoms with Crippen molar-refractivity contribution in [2.45, 2.75) is 31.7 Å². The van der Waals surface area contributed by atoms with Gasteiger partial charge >= 0.3 is 0 Å². The zero-order valence-electron chi connectivity index (χ0n) is 15.2. The van der Waals surface area contributed by atoms with Gasteiger partial charge in [0, 0.05) is 44.7 Å². The summed E-state index contributed by atoms with van der Waals surface area (Å²) in [4.78, 5) is 17.0. The molecule has 148 valence electrons. The standard InChI is InChI=1S/C19H29N3O2.2ClH/c20-17-6-4-5-16(15-17)19(23)22-11-9-21(10-12-22)13-14-24-18-7-2-1-3-8-18;;/h1-3,7-8,16-17H,4-6,9-15,20H2;2*1H. The van der Waals surface area contributed by atoms with E-state index < -0.39 is 0 Å². The smallest absolute Gasteiger partial charge is 0.225 e. The molecule has 2 aliphatic rings. The summed E-state index contributed by atoms with van der Waals surface area (Å²) in [5.74, 6) is 1.40. The first kappa shape index (κ1) is 23.0. The van der Waals surface area contributed by atoms with Crippen LogP contribution in [0.3, 0.4) is 0 Å². The molecule has 2 fully saturated rings. The zero-order chi connectivity index (χ0) is 16.8. The van der Waals surface area contributed by atoms with Crippen molar-refractivity contribution in [3.8, 4) is 5.75 Å². The first-order chi connectivity index (χ1) is 11.7. The normalized spacial score (nSPS) is 23.5. The summed E-state index contributed by atoms with van der Waals surface area (Å²) in [5, 5.41) is 0. The van der Waals surface area contributed by atoms with Crippen molar-refractivity contribution in [1.29, 1.82) is 0 Å². The molecule has 1 aromatic carbocycles. The Balaban J connectivity index is 0.00000169. The molecule has 0 aromatic heterocycles. The molecular weight excluding hydrogens is 373 g/mol. The minimum Gasteiger partial charge on any atom is -0.492 e. The number of carbonyl (C=O) groups is 1. The van der Waals surface area contributed by atoms with Crippen LogP contribution in [0.2, 0.25) is 0 Å². The number of carbonyl (C=O) groups excluding carboxylic acids is 1. The van der Waals surface area contributed by atoms with Crippen LogP contribution in [0.1, 0.15) is 25.7 Å². The van der Waals surface area contributed by atoms with Gasteiger partial charge in [-0.15, -0.1) is 24.8 Å². The van der Waals surface area contributed by atoms with E-state index in [1.807, 2.05) is 35.2 Å². The van der Waals surface area contributed by atoms with Gasteiger partial charge in [0.2, 0.25) is 5.91 Å². The average Bonchev–Trinajstić information content (AvgIpc) is 2.63. The number of rotatable bonds is 5. The van der Waals surface area contributed by atoms with E-state index in [9.17, 15) is 4.79 Å². The number of halogens is 2. The van der Waals surface area contributed by atoms with Crippen LogP contribution >= 0.6 is 24.8 Å². The second kappa shape index (κ2) is 11.7. The molecule has 3 rings (SSSR count). The van der Waals surface area contributed by atoms with Gasteiger partial charge in [-0.3, -0.25) is 9.69 Å². The monoisotopic (exact) mass is 403 g/mol. The summed E-state index contributed by atoms with van der Waals surface area (Å²) in [6.07, 6.45) is 4.04. The Morgan fingerprint density at radius 3 is 2.42 bits per heavy atom. The Kier molecular flexibility index (Phi) is 10.3. The maximum Gasteiger partial charge on any atom is 0.225 e. The number of nitrogens with zero attached hydrogens (tertiary/aromatic N) is 2. The molecule has 1 saturated heterocycles. The van der Waals surface area contributed by atoms with Gasteiger partial charge in [-0.05, 0) is 31.4 Å². The summed E-state index contributed by atoms with van der Waals surface area (Å²) < 4.78 is 5.75. The summed E-state index contributed by atoms with van der Waals surface area (Å²) in [6, 6.07) is 10.1. The molecule has 1 aliphatic heterocycles. The van der Waals surface area contributed by atoms with Crippen LogP contribution in [0.15, 0.2) is 30.3 Å². The van der Waals surface area contributed by atoms with Gasteiger partial charge < -0.3 is 15.4 Å². The Morgan fingerprint density at radius 1 is 1.08 bits per heavy atom. The molecule has 1 saturated carbocycles. The van der Waals surface area contributed by atoms with Gasteiger partial charge in [-0.2, -0.15) is 0 Å². The SMILES string of the molecule is Cl.Cl.NC1CCCC(C(=O)N2CCN(CCOc3ccccc3)CC2)C1. The van der Waals surface area contributed by atoms with Gasteiger partial charge in [0.1, 0.15) is 12.4 Å². The lowest BCUT2D eigenvalue weighted by molar-refractivity contribution is -0.138. The molecule has 0 radical (unpaired) electrons. The predicted molar refractivity (Wildman–Crippen MR) is 109 cm³/mol. The largest absolute Gasteiger partial charge is 0.492 e. The topological polar surface area (TPSA) is 58.8 Å². The van der Waals surface area contributed by atoms with Crippen molar-refractivity contribution >= 4 is 30.7 Å². The second-order valence-electron chi connectivity index (χ2n) is 6.95. The van der Waals surface area contributed by atoms with Crippen LogP contribution < -0.4 is 10.5 Å². The summed E-state index contributed by atoms with van der Waals surface area (Å²) in [5.41, 5.74) is 6.02. The molecular formula is C19H31Cl2N3O2. The van der Waals surface area contributed by atoms with E-state index in [2.05, 4.69) is 4.90 Å². The fourth-order valence-corrected chi connectivity index (χ4v) is 3.71. The van der Waals surface area contributed by atoms with Gasteiger partial charge in [0.25, 0.3) is 0 Å². The quantitative estimate of drug-likeness (QED) is 0.820. The van der Waals surface area contributed by atoms with Crippen LogP contribution in [-0.2, 0) is 4.79 Å². The van der Waals surface area contributed by atoms with E-state index in [-0.39, 0.29) is 36.8 Å². The Labute approximate surface area is 169 Å². The predicted octanol–water partition coefficient (Wildman–Crippen LogP) is 2.57. The summed E-state index contributed by atoms with van der Waals surface area (Å²) in [7, 11) is 0. The maximum atomic E-state index is 12.6. The van der Waals surface area contributed by atoms with Crippen molar-refractivity contribution in [2.75, 3.05) is 39.3 Å². The van der Waals surface area contributed by atoms with Crippen LogP contribution in [0.25, 0.3) is 0 Å². The van der Waals surface area contributed by atoms with E-state index in [4.69, 9.17) is 10.5 Å². The van der Waals surface area contributed by atoms with E-state index in [1.54, 1.807) is 0 Å². The Hall–Kier alpha value is -1.01. The molecule has 0 bridgehead atoms. The average molecular weight is 404 g/mol.